The molecule has 3 rings (SSSR count). The molecule has 0 saturated carbocycles. The quantitative estimate of drug-likeness (QED) is 0.911. The van der Waals surface area contributed by atoms with E-state index in [9.17, 15) is 18.0 Å². The first kappa shape index (κ1) is 17.0. The van der Waals surface area contributed by atoms with E-state index in [2.05, 4.69) is 10.4 Å². The third-order valence-corrected chi connectivity index (χ3v) is 5.26. The van der Waals surface area contributed by atoms with Gasteiger partial charge in [-0.2, -0.15) is 18.3 Å². The number of aromatic nitrogens is 2. The van der Waals surface area contributed by atoms with Gasteiger partial charge in [-0.25, -0.2) is 0 Å². The maximum absolute atomic E-state index is 13.1. The Bertz CT molecular complexity index is 748. The first-order chi connectivity index (χ1) is 11.4. The number of carbonyl (C=O) groups excluding carboxylic acids is 1. The number of halogens is 3. The van der Waals surface area contributed by atoms with E-state index in [1.165, 1.54) is 4.68 Å². The zero-order chi connectivity index (χ0) is 17.3. The fourth-order valence-corrected chi connectivity index (χ4v) is 3.83. The molecule has 1 aliphatic rings. The van der Waals surface area contributed by atoms with Gasteiger partial charge in [0.05, 0.1) is 6.54 Å². The SMILES string of the molecule is Cc1ccsc1CNC(=O)Cn1nc(C(F)(F)F)c2c1CCCC2. The number of carbonyl (C=O) groups is 1. The molecule has 8 heteroatoms. The summed E-state index contributed by atoms with van der Waals surface area (Å²) in [6, 6.07) is 1.96. The predicted molar refractivity (Wildman–Crippen MR) is 84.8 cm³/mol. The van der Waals surface area contributed by atoms with Crippen molar-refractivity contribution in [1.82, 2.24) is 15.1 Å². The minimum Gasteiger partial charge on any atom is -0.350 e. The Morgan fingerprint density at radius 3 is 2.79 bits per heavy atom. The summed E-state index contributed by atoms with van der Waals surface area (Å²) in [7, 11) is 0. The van der Waals surface area contributed by atoms with Gasteiger partial charge in [-0.05, 0) is 49.6 Å². The summed E-state index contributed by atoms with van der Waals surface area (Å²) in [5.74, 6) is -0.326. The monoisotopic (exact) mass is 357 g/mol. The first-order valence-electron chi connectivity index (χ1n) is 7.81. The van der Waals surface area contributed by atoms with Crippen LogP contribution < -0.4 is 5.32 Å². The lowest BCUT2D eigenvalue weighted by atomic mass is 9.95. The van der Waals surface area contributed by atoms with Crippen molar-refractivity contribution in [3.05, 3.63) is 38.8 Å². The van der Waals surface area contributed by atoms with Crippen molar-refractivity contribution in [3.63, 3.8) is 0 Å². The Kier molecular flexibility index (Phi) is 4.67. The number of hydrogen-bond acceptors (Lipinski definition) is 3. The van der Waals surface area contributed by atoms with E-state index in [1.807, 2.05) is 18.4 Å². The molecule has 0 unspecified atom stereocenters. The van der Waals surface area contributed by atoms with Crippen molar-refractivity contribution in [2.45, 2.75) is 51.9 Å². The highest BCUT2D eigenvalue weighted by Gasteiger charge is 2.39. The lowest BCUT2D eigenvalue weighted by Crippen LogP contribution is -2.28. The van der Waals surface area contributed by atoms with Gasteiger partial charge < -0.3 is 5.32 Å². The average molecular weight is 357 g/mol. The molecule has 0 bridgehead atoms. The zero-order valence-corrected chi connectivity index (χ0v) is 14.1. The third kappa shape index (κ3) is 3.48. The van der Waals surface area contributed by atoms with Gasteiger partial charge in [0.25, 0.3) is 0 Å². The minimum atomic E-state index is -4.47. The molecule has 0 spiro atoms. The molecule has 0 fully saturated rings. The highest BCUT2D eigenvalue weighted by molar-refractivity contribution is 7.10. The van der Waals surface area contributed by atoms with Crippen LogP contribution in [0.25, 0.3) is 0 Å². The maximum Gasteiger partial charge on any atom is 0.435 e. The minimum absolute atomic E-state index is 0.178. The molecule has 2 heterocycles. The molecule has 130 valence electrons. The van der Waals surface area contributed by atoms with E-state index in [4.69, 9.17) is 0 Å². The first-order valence-corrected chi connectivity index (χ1v) is 8.69. The number of thiophene rings is 1. The van der Waals surface area contributed by atoms with Gasteiger partial charge in [0, 0.05) is 16.1 Å². The van der Waals surface area contributed by atoms with Crippen LogP contribution in [0.2, 0.25) is 0 Å². The van der Waals surface area contributed by atoms with Crippen LogP contribution in [0.3, 0.4) is 0 Å². The predicted octanol–water partition coefficient (Wildman–Crippen LogP) is 3.47. The Morgan fingerprint density at radius 2 is 2.12 bits per heavy atom. The molecule has 0 radical (unpaired) electrons. The van der Waals surface area contributed by atoms with Crippen LogP contribution in [0, 0.1) is 6.92 Å². The molecule has 0 atom stereocenters. The van der Waals surface area contributed by atoms with Gasteiger partial charge in [-0.3, -0.25) is 9.48 Å². The highest BCUT2D eigenvalue weighted by atomic mass is 32.1. The molecular weight excluding hydrogens is 339 g/mol. The summed E-state index contributed by atoms with van der Waals surface area (Å²) in [4.78, 5) is 13.2. The molecule has 0 saturated heterocycles. The molecule has 1 aliphatic carbocycles. The van der Waals surface area contributed by atoms with E-state index in [0.717, 1.165) is 23.3 Å². The summed E-state index contributed by atoms with van der Waals surface area (Å²) in [5.41, 5.74) is 1.07. The Balaban J connectivity index is 1.74. The van der Waals surface area contributed by atoms with Crippen LogP contribution in [0.4, 0.5) is 13.2 Å². The summed E-state index contributed by atoms with van der Waals surface area (Å²) in [5, 5.41) is 8.40. The van der Waals surface area contributed by atoms with Gasteiger partial charge in [0.1, 0.15) is 6.54 Å². The fourth-order valence-electron chi connectivity index (χ4n) is 2.99. The number of alkyl halides is 3. The van der Waals surface area contributed by atoms with Crippen molar-refractivity contribution >= 4 is 17.2 Å². The molecule has 1 amide bonds. The van der Waals surface area contributed by atoms with Crippen LogP contribution in [-0.2, 0) is 36.9 Å². The van der Waals surface area contributed by atoms with Gasteiger partial charge in [-0.1, -0.05) is 0 Å². The number of fused-ring (bicyclic) bond motifs is 1. The summed E-state index contributed by atoms with van der Waals surface area (Å²) >= 11 is 1.54. The Labute approximate surface area is 141 Å². The van der Waals surface area contributed by atoms with Crippen molar-refractivity contribution in [3.8, 4) is 0 Å². The van der Waals surface area contributed by atoms with E-state index in [0.29, 0.717) is 25.1 Å². The van der Waals surface area contributed by atoms with Gasteiger partial charge in [0.15, 0.2) is 5.69 Å². The zero-order valence-electron chi connectivity index (χ0n) is 13.2. The second kappa shape index (κ2) is 6.58. The summed E-state index contributed by atoms with van der Waals surface area (Å²) in [6.07, 6.45) is -2.01. The molecule has 24 heavy (non-hydrogen) atoms. The average Bonchev–Trinajstić information content (AvgIpc) is 3.09. The number of nitrogens with one attached hydrogen (secondary N) is 1. The molecule has 0 aliphatic heterocycles. The Hall–Kier alpha value is -1.83. The van der Waals surface area contributed by atoms with Crippen LogP contribution in [-0.4, -0.2) is 15.7 Å². The number of aryl methyl sites for hydroxylation is 1. The fraction of sp³-hybridized carbons (Fsp3) is 0.500. The van der Waals surface area contributed by atoms with E-state index in [-0.39, 0.29) is 18.0 Å². The van der Waals surface area contributed by atoms with E-state index in [1.54, 1.807) is 11.3 Å². The third-order valence-electron chi connectivity index (χ3n) is 4.23. The van der Waals surface area contributed by atoms with Crippen LogP contribution in [0.1, 0.15) is 40.2 Å². The smallest absolute Gasteiger partial charge is 0.350 e. The number of rotatable bonds is 4. The molecular formula is C16H18F3N3OS. The van der Waals surface area contributed by atoms with Crippen molar-refractivity contribution in [1.29, 1.82) is 0 Å². The standard InChI is InChI=1S/C16H18F3N3OS/c1-10-6-7-24-13(10)8-20-14(23)9-22-12-5-3-2-4-11(12)15(21-22)16(17,18)19/h6-7H,2-5,8-9H2,1H3,(H,20,23). The lowest BCUT2D eigenvalue weighted by molar-refractivity contribution is -0.142. The Morgan fingerprint density at radius 1 is 1.38 bits per heavy atom. The number of hydrogen-bond donors (Lipinski definition) is 1. The van der Waals surface area contributed by atoms with Crippen molar-refractivity contribution < 1.29 is 18.0 Å². The molecule has 2 aromatic rings. The second-order valence-corrected chi connectivity index (χ2v) is 6.94. The van der Waals surface area contributed by atoms with E-state index < -0.39 is 11.9 Å². The summed E-state index contributed by atoms with van der Waals surface area (Å²) in [6.45, 7) is 2.16. The number of amides is 1. The summed E-state index contributed by atoms with van der Waals surface area (Å²) < 4.78 is 40.6. The topological polar surface area (TPSA) is 46.9 Å². The molecule has 0 aromatic carbocycles. The normalized spacial score (nSPS) is 14.5. The second-order valence-electron chi connectivity index (χ2n) is 5.94. The van der Waals surface area contributed by atoms with Gasteiger partial charge in [-0.15, -0.1) is 11.3 Å². The van der Waals surface area contributed by atoms with E-state index >= 15 is 0 Å². The molecule has 2 aromatic heterocycles. The lowest BCUT2D eigenvalue weighted by Gasteiger charge is -2.14. The van der Waals surface area contributed by atoms with Crippen LogP contribution in [0.5, 0.6) is 0 Å². The maximum atomic E-state index is 13.1. The van der Waals surface area contributed by atoms with Crippen LogP contribution in [0.15, 0.2) is 11.4 Å². The van der Waals surface area contributed by atoms with Crippen molar-refractivity contribution in [2.75, 3.05) is 0 Å². The molecule has 4 nitrogen and oxygen atoms in total. The van der Waals surface area contributed by atoms with Crippen LogP contribution >= 0.6 is 11.3 Å². The van der Waals surface area contributed by atoms with Gasteiger partial charge >= 0.3 is 6.18 Å². The number of nitrogens with zero attached hydrogens (tertiary/aromatic N) is 2. The highest BCUT2D eigenvalue weighted by Crippen LogP contribution is 2.35. The van der Waals surface area contributed by atoms with Crippen molar-refractivity contribution in [2.24, 2.45) is 0 Å². The molecule has 1 N–H and O–H groups in total. The van der Waals surface area contributed by atoms with Gasteiger partial charge in [0.2, 0.25) is 5.91 Å². The largest absolute Gasteiger partial charge is 0.435 e.